The fraction of sp³-hybridized carbons (Fsp3) is 0. The summed E-state index contributed by atoms with van der Waals surface area (Å²) in [6.07, 6.45) is 0. The smallest absolute Gasteiger partial charge is 0.187 e. The maximum absolute atomic E-state index is 14.0. The number of nitrogens with zero attached hydrogens (tertiary/aromatic N) is 4. The van der Waals surface area contributed by atoms with Gasteiger partial charge in [-0.05, 0) is 40.8 Å². The molecule has 0 aliphatic heterocycles. The van der Waals surface area contributed by atoms with E-state index < -0.39 is 11.6 Å². The van der Waals surface area contributed by atoms with Crippen LogP contribution in [0.4, 0.5) is 14.5 Å². The fourth-order valence-electron chi connectivity index (χ4n) is 1.88. The van der Waals surface area contributed by atoms with E-state index in [0.717, 1.165) is 4.68 Å². The predicted molar refractivity (Wildman–Crippen MR) is 73.9 cm³/mol. The molecule has 0 aliphatic carbocycles. The van der Waals surface area contributed by atoms with Crippen molar-refractivity contribution in [1.82, 2.24) is 20.2 Å². The van der Waals surface area contributed by atoms with Crippen LogP contribution in [0.3, 0.4) is 0 Å². The van der Waals surface area contributed by atoms with Crippen LogP contribution in [0.1, 0.15) is 0 Å². The normalized spacial score (nSPS) is 10.8. The molecule has 1 heterocycles. The summed E-state index contributed by atoms with van der Waals surface area (Å²) >= 11 is 5.99. The zero-order chi connectivity index (χ0) is 15.0. The zero-order valence-electron chi connectivity index (χ0n) is 10.5. The second-order valence-electron chi connectivity index (χ2n) is 4.22. The Balaban J connectivity index is 2.20. The Kier molecular flexibility index (Phi) is 3.26. The third kappa shape index (κ3) is 2.31. The second-order valence-corrected chi connectivity index (χ2v) is 4.63. The van der Waals surface area contributed by atoms with Crippen LogP contribution in [0.2, 0.25) is 5.02 Å². The minimum Gasteiger partial charge on any atom is -0.396 e. The van der Waals surface area contributed by atoms with E-state index in [1.54, 1.807) is 0 Å². The molecule has 2 N–H and O–H groups in total. The van der Waals surface area contributed by atoms with Crippen molar-refractivity contribution in [2.24, 2.45) is 0 Å². The molecule has 1 aromatic heterocycles. The molecule has 5 nitrogen and oxygen atoms in total. The average molecular weight is 308 g/mol. The third-order valence-corrected chi connectivity index (χ3v) is 3.18. The van der Waals surface area contributed by atoms with Gasteiger partial charge in [-0.3, -0.25) is 0 Å². The van der Waals surface area contributed by atoms with Crippen molar-refractivity contribution in [1.29, 1.82) is 0 Å². The minimum atomic E-state index is -0.610. The number of nitrogens with two attached hydrogens (primary N) is 1. The second kappa shape index (κ2) is 5.10. The lowest BCUT2D eigenvalue weighted by Gasteiger charge is -2.08. The highest BCUT2D eigenvalue weighted by Crippen LogP contribution is 2.27. The summed E-state index contributed by atoms with van der Waals surface area (Å²) in [6, 6.07) is 8.30. The Morgan fingerprint density at radius 3 is 2.62 bits per heavy atom. The Hall–Kier alpha value is -2.54. The van der Waals surface area contributed by atoms with Crippen molar-refractivity contribution in [3.8, 4) is 17.1 Å². The van der Waals surface area contributed by atoms with Gasteiger partial charge in [-0.25, -0.2) is 8.78 Å². The Labute approximate surface area is 123 Å². The molecule has 0 spiro atoms. The van der Waals surface area contributed by atoms with E-state index in [4.69, 9.17) is 17.3 Å². The molecular weight excluding hydrogens is 300 g/mol. The van der Waals surface area contributed by atoms with E-state index in [1.807, 2.05) is 0 Å². The third-order valence-electron chi connectivity index (χ3n) is 2.88. The Bertz CT molecular complexity index is 798. The standard InChI is InChI=1S/C13H8ClF2N5/c14-8-2-1-3-9(15)12(8)21-13(18-19-20-21)7-4-5-11(17)10(16)6-7/h1-6H,17H2. The monoisotopic (exact) mass is 307 g/mol. The Morgan fingerprint density at radius 1 is 1.10 bits per heavy atom. The number of para-hydroxylation sites is 1. The molecule has 0 saturated carbocycles. The molecule has 0 fully saturated rings. The van der Waals surface area contributed by atoms with Crippen LogP contribution in [0.5, 0.6) is 0 Å². The van der Waals surface area contributed by atoms with E-state index in [0.29, 0.717) is 5.56 Å². The van der Waals surface area contributed by atoms with Crippen molar-refractivity contribution in [3.63, 3.8) is 0 Å². The van der Waals surface area contributed by atoms with Gasteiger partial charge < -0.3 is 5.73 Å². The van der Waals surface area contributed by atoms with Gasteiger partial charge in [0.2, 0.25) is 0 Å². The SMILES string of the molecule is Nc1ccc(-c2nnnn2-c2c(F)cccc2Cl)cc1F. The van der Waals surface area contributed by atoms with Crippen molar-refractivity contribution in [2.75, 3.05) is 5.73 Å². The summed E-state index contributed by atoms with van der Waals surface area (Å²) in [6.45, 7) is 0. The van der Waals surface area contributed by atoms with Gasteiger partial charge in [0, 0.05) is 5.56 Å². The average Bonchev–Trinajstić information content (AvgIpc) is 2.91. The summed E-state index contributed by atoms with van der Waals surface area (Å²) in [5, 5.41) is 11.1. The molecule has 8 heteroatoms. The highest BCUT2D eigenvalue weighted by atomic mass is 35.5. The van der Waals surface area contributed by atoms with Crippen LogP contribution in [0.25, 0.3) is 17.1 Å². The first-order valence-corrected chi connectivity index (χ1v) is 6.24. The largest absolute Gasteiger partial charge is 0.396 e. The van der Waals surface area contributed by atoms with Gasteiger partial charge in [-0.15, -0.1) is 5.10 Å². The molecule has 0 aliphatic rings. The fourth-order valence-corrected chi connectivity index (χ4v) is 2.12. The van der Waals surface area contributed by atoms with Crippen LogP contribution in [0, 0.1) is 11.6 Å². The van der Waals surface area contributed by atoms with Crippen LogP contribution in [-0.2, 0) is 0 Å². The molecule has 0 saturated heterocycles. The van der Waals surface area contributed by atoms with Gasteiger partial charge in [0.15, 0.2) is 11.6 Å². The molecule has 0 radical (unpaired) electrons. The van der Waals surface area contributed by atoms with Gasteiger partial charge in [0.05, 0.1) is 10.7 Å². The van der Waals surface area contributed by atoms with Gasteiger partial charge >= 0.3 is 0 Å². The zero-order valence-corrected chi connectivity index (χ0v) is 11.2. The topological polar surface area (TPSA) is 69.6 Å². The molecule has 21 heavy (non-hydrogen) atoms. The van der Waals surface area contributed by atoms with Crippen molar-refractivity contribution in [2.45, 2.75) is 0 Å². The number of aromatic nitrogens is 4. The van der Waals surface area contributed by atoms with Crippen LogP contribution < -0.4 is 5.73 Å². The van der Waals surface area contributed by atoms with E-state index in [1.165, 1.54) is 36.4 Å². The number of hydrogen-bond acceptors (Lipinski definition) is 4. The summed E-state index contributed by atoms with van der Waals surface area (Å²) < 4.78 is 28.6. The van der Waals surface area contributed by atoms with E-state index >= 15 is 0 Å². The number of anilines is 1. The van der Waals surface area contributed by atoms with Crippen LogP contribution in [0.15, 0.2) is 36.4 Å². The van der Waals surface area contributed by atoms with Gasteiger partial charge in [0.25, 0.3) is 0 Å². The highest BCUT2D eigenvalue weighted by Gasteiger charge is 2.17. The highest BCUT2D eigenvalue weighted by molar-refractivity contribution is 6.32. The number of halogens is 3. The van der Waals surface area contributed by atoms with Gasteiger partial charge in [-0.2, -0.15) is 4.68 Å². The summed E-state index contributed by atoms with van der Waals surface area (Å²) in [4.78, 5) is 0. The minimum absolute atomic E-state index is 0.00157. The van der Waals surface area contributed by atoms with Crippen LogP contribution in [-0.4, -0.2) is 20.2 Å². The molecular formula is C13H8ClF2N5. The molecule has 3 aromatic rings. The predicted octanol–water partition coefficient (Wildman–Crippen LogP) is 2.84. The summed E-state index contributed by atoms with van der Waals surface area (Å²) in [7, 11) is 0. The quantitative estimate of drug-likeness (QED) is 0.739. The lowest BCUT2D eigenvalue weighted by molar-refractivity contribution is 0.608. The van der Waals surface area contributed by atoms with Crippen LogP contribution >= 0.6 is 11.6 Å². The molecule has 0 bridgehead atoms. The van der Waals surface area contributed by atoms with E-state index in [2.05, 4.69) is 15.5 Å². The summed E-state index contributed by atoms with van der Waals surface area (Å²) in [5.74, 6) is -1.05. The molecule has 2 aromatic carbocycles. The first-order valence-electron chi connectivity index (χ1n) is 5.86. The first kappa shape index (κ1) is 13.4. The molecule has 106 valence electrons. The number of tetrazole rings is 1. The van der Waals surface area contributed by atoms with Crippen molar-refractivity contribution in [3.05, 3.63) is 53.1 Å². The number of nitrogen functional groups attached to an aromatic ring is 1. The molecule has 3 rings (SSSR count). The number of rotatable bonds is 2. The van der Waals surface area contributed by atoms with Crippen molar-refractivity contribution < 1.29 is 8.78 Å². The molecule has 0 atom stereocenters. The Morgan fingerprint density at radius 2 is 1.90 bits per heavy atom. The summed E-state index contributed by atoms with van der Waals surface area (Å²) in [5.41, 5.74) is 5.78. The maximum atomic E-state index is 14.0. The molecule has 0 amide bonds. The first-order chi connectivity index (χ1) is 10.1. The number of hydrogen-bond donors (Lipinski definition) is 1. The maximum Gasteiger partial charge on any atom is 0.187 e. The van der Waals surface area contributed by atoms with Crippen molar-refractivity contribution >= 4 is 17.3 Å². The van der Waals surface area contributed by atoms with E-state index in [9.17, 15) is 8.78 Å². The number of benzene rings is 2. The lowest BCUT2D eigenvalue weighted by atomic mass is 10.2. The lowest BCUT2D eigenvalue weighted by Crippen LogP contribution is -2.04. The van der Waals surface area contributed by atoms with Gasteiger partial charge in [0.1, 0.15) is 11.5 Å². The molecule has 0 unspecified atom stereocenters. The van der Waals surface area contributed by atoms with E-state index in [-0.39, 0.29) is 22.2 Å². The van der Waals surface area contributed by atoms with Gasteiger partial charge in [-0.1, -0.05) is 17.7 Å².